The van der Waals surface area contributed by atoms with Gasteiger partial charge in [-0.25, -0.2) is 18.9 Å². The Balaban J connectivity index is 4.59. The lowest BCUT2D eigenvalue weighted by molar-refractivity contribution is 0.565. The molecule has 0 fully saturated rings. The van der Waals surface area contributed by atoms with Crippen molar-refractivity contribution in [1.82, 2.24) is 0 Å². The monoisotopic (exact) mass is 214 g/mol. The van der Waals surface area contributed by atoms with Gasteiger partial charge in [-0.05, 0) is 31.9 Å². The fraction of sp³-hybridized carbons (Fsp3) is 0.714. The molecule has 0 radical (unpaired) electrons. The molecule has 0 aromatic heterocycles. The molecule has 72 valence electrons. The van der Waals surface area contributed by atoms with Gasteiger partial charge >= 0.3 is 0 Å². The molecule has 0 saturated carbocycles. The summed E-state index contributed by atoms with van der Waals surface area (Å²) in [6.07, 6.45) is 3.18. The third-order valence-electron chi connectivity index (χ3n) is 1.56. The Morgan fingerprint density at radius 3 is 1.46 bits per heavy atom. The van der Waals surface area contributed by atoms with Gasteiger partial charge in [0.05, 0.1) is 0 Å². The zero-order valence-corrected chi connectivity index (χ0v) is 10.4. The fourth-order valence-electron chi connectivity index (χ4n) is 1.38. The van der Waals surface area contributed by atoms with Gasteiger partial charge in [-0.3, -0.25) is 0 Å². The van der Waals surface area contributed by atoms with Crippen LogP contribution in [0.25, 0.3) is 0 Å². The summed E-state index contributed by atoms with van der Waals surface area (Å²) in [6.45, 7) is 7.86. The molecule has 0 aliphatic rings. The van der Waals surface area contributed by atoms with Crippen LogP contribution in [0.1, 0.15) is 0 Å². The Kier molecular flexibility index (Phi) is 4.16. The second kappa shape index (κ2) is 4.44. The molecule has 0 aliphatic heterocycles. The van der Waals surface area contributed by atoms with Gasteiger partial charge in [-0.2, -0.15) is 0 Å². The first-order chi connectivity index (χ1) is 5.83. The van der Waals surface area contributed by atoms with Crippen LogP contribution in [0.4, 0.5) is 0 Å². The van der Waals surface area contributed by atoms with Crippen LogP contribution in [0.2, 0.25) is 31.9 Å². The SMILES string of the molecule is C[Si](C)(C[Si](C)(C)N=C=O)N=C=O. The lowest BCUT2D eigenvalue weighted by Crippen LogP contribution is -2.37. The maximum atomic E-state index is 10.1. The standard InChI is InChI=1S/C7H14N2O2Si2/c1-12(2,8-5-10)7-13(3,4)9-6-11/h7H2,1-4H3. The van der Waals surface area contributed by atoms with Crippen LogP contribution < -0.4 is 0 Å². The highest BCUT2D eigenvalue weighted by Gasteiger charge is 2.33. The van der Waals surface area contributed by atoms with E-state index < -0.39 is 16.5 Å². The minimum absolute atomic E-state index is 0.782. The fourth-order valence-corrected chi connectivity index (χ4v) is 11.0. The minimum Gasteiger partial charge on any atom is -0.248 e. The Morgan fingerprint density at radius 2 is 1.23 bits per heavy atom. The van der Waals surface area contributed by atoms with Gasteiger partial charge in [0.25, 0.3) is 0 Å². The molecule has 0 atom stereocenters. The predicted molar refractivity (Wildman–Crippen MR) is 56.0 cm³/mol. The minimum atomic E-state index is -1.89. The summed E-state index contributed by atoms with van der Waals surface area (Å²) < 4.78 is 7.60. The summed E-state index contributed by atoms with van der Waals surface area (Å²) >= 11 is 0. The van der Waals surface area contributed by atoms with Crippen LogP contribution in [0, 0.1) is 0 Å². The highest BCUT2D eigenvalue weighted by molar-refractivity contribution is 6.94. The average molecular weight is 214 g/mol. The van der Waals surface area contributed by atoms with Crippen molar-refractivity contribution in [2.75, 3.05) is 0 Å². The van der Waals surface area contributed by atoms with Crippen molar-refractivity contribution >= 4 is 28.6 Å². The molecule has 6 heteroatoms. The second-order valence-electron chi connectivity index (χ2n) is 4.21. The zero-order valence-electron chi connectivity index (χ0n) is 8.42. The normalized spacial score (nSPS) is 11.4. The summed E-state index contributed by atoms with van der Waals surface area (Å²) in [5, 5.41) is 0. The van der Waals surface area contributed by atoms with E-state index >= 15 is 0 Å². The topological polar surface area (TPSA) is 58.9 Å². The van der Waals surface area contributed by atoms with Crippen LogP contribution >= 0.6 is 0 Å². The van der Waals surface area contributed by atoms with Crippen molar-refractivity contribution in [1.29, 1.82) is 0 Å². The number of hydrogen-bond acceptors (Lipinski definition) is 4. The molecule has 0 aromatic carbocycles. The molecule has 0 N–H and O–H groups in total. The van der Waals surface area contributed by atoms with Gasteiger partial charge in [0.15, 0.2) is 16.5 Å². The van der Waals surface area contributed by atoms with Gasteiger partial charge in [-0.1, -0.05) is 0 Å². The maximum Gasteiger partial charge on any atom is 0.224 e. The van der Waals surface area contributed by atoms with Crippen LogP contribution in [0.5, 0.6) is 0 Å². The Morgan fingerprint density at radius 1 is 0.923 bits per heavy atom. The van der Waals surface area contributed by atoms with E-state index in [9.17, 15) is 9.59 Å². The van der Waals surface area contributed by atoms with E-state index in [1.165, 1.54) is 0 Å². The zero-order chi connectivity index (χ0) is 10.5. The molecule has 0 aromatic rings. The smallest absolute Gasteiger partial charge is 0.224 e. The summed E-state index contributed by atoms with van der Waals surface area (Å²) in [5.41, 5.74) is 0.782. The van der Waals surface area contributed by atoms with Crippen molar-refractivity contribution in [3.63, 3.8) is 0 Å². The summed E-state index contributed by atoms with van der Waals surface area (Å²) in [4.78, 5) is 20.2. The van der Waals surface area contributed by atoms with Crippen molar-refractivity contribution in [3.8, 4) is 0 Å². The first-order valence-electron chi connectivity index (χ1n) is 4.01. The highest BCUT2D eigenvalue weighted by Crippen LogP contribution is 2.20. The largest absolute Gasteiger partial charge is 0.248 e. The first kappa shape index (κ1) is 12.2. The van der Waals surface area contributed by atoms with Crippen molar-refractivity contribution in [2.45, 2.75) is 31.9 Å². The van der Waals surface area contributed by atoms with E-state index in [1.807, 2.05) is 26.2 Å². The van der Waals surface area contributed by atoms with Crippen LogP contribution in [-0.4, -0.2) is 28.6 Å². The molecule has 0 bridgehead atoms. The van der Waals surface area contributed by atoms with E-state index in [1.54, 1.807) is 12.2 Å². The molecule has 0 spiro atoms. The second-order valence-corrected chi connectivity index (χ2v) is 13.3. The third kappa shape index (κ3) is 5.44. The molecule has 0 rings (SSSR count). The Hall–Kier alpha value is -0.806. The van der Waals surface area contributed by atoms with E-state index in [-0.39, 0.29) is 0 Å². The third-order valence-corrected chi connectivity index (χ3v) is 9.88. The molecule has 0 unspecified atom stereocenters. The predicted octanol–water partition coefficient (Wildman–Crippen LogP) is 1.61. The number of isocyanates is 2. The summed E-state index contributed by atoms with van der Waals surface area (Å²) in [5.74, 6) is 0. The molecule has 0 amide bonds. The molecule has 13 heavy (non-hydrogen) atoms. The molecule has 0 aliphatic carbocycles. The van der Waals surface area contributed by atoms with E-state index in [0.717, 1.165) is 5.67 Å². The van der Waals surface area contributed by atoms with Gasteiger partial charge in [0.1, 0.15) is 0 Å². The molecular weight excluding hydrogens is 200 g/mol. The Labute approximate surface area is 80.0 Å². The first-order valence-corrected chi connectivity index (χ1v) is 10.3. The van der Waals surface area contributed by atoms with E-state index in [4.69, 9.17) is 0 Å². The summed E-state index contributed by atoms with van der Waals surface area (Å²) in [6, 6.07) is 0. The van der Waals surface area contributed by atoms with Crippen LogP contribution in [0.3, 0.4) is 0 Å². The van der Waals surface area contributed by atoms with Gasteiger partial charge in [-0.15, -0.1) is 0 Å². The number of carbonyl (C=O) groups excluding carboxylic acids is 2. The summed E-state index contributed by atoms with van der Waals surface area (Å²) in [7, 11) is -3.77. The average Bonchev–Trinajstić information content (AvgIpc) is 1.82. The quantitative estimate of drug-likeness (QED) is 0.405. The van der Waals surface area contributed by atoms with Crippen LogP contribution in [-0.2, 0) is 9.59 Å². The maximum absolute atomic E-state index is 10.1. The highest BCUT2D eigenvalue weighted by atomic mass is 28.4. The number of nitrogens with zero attached hydrogens (tertiary/aromatic N) is 2. The molecule has 0 heterocycles. The van der Waals surface area contributed by atoms with Crippen molar-refractivity contribution in [3.05, 3.63) is 0 Å². The number of hydrogen-bond donors (Lipinski definition) is 0. The van der Waals surface area contributed by atoms with Gasteiger partial charge in [0.2, 0.25) is 12.2 Å². The molecule has 0 saturated heterocycles. The van der Waals surface area contributed by atoms with E-state index in [0.29, 0.717) is 0 Å². The Bertz CT molecular complexity index is 248. The van der Waals surface area contributed by atoms with Gasteiger partial charge in [0, 0.05) is 0 Å². The van der Waals surface area contributed by atoms with Gasteiger partial charge < -0.3 is 0 Å². The lowest BCUT2D eigenvalue weighted by Gasteiger charge is -2.22. The van der Waals surface area contributed by atoms with Crippen molar-refractivity contribution < 1.29 is 9.59 Å². The molecular formula is C7H14N2O2Si2. The van der Waals surface area contributed by atoms with Crippen molar-refractivity contribution in [2.24, 2.45) is 9.32 Å². The van der Waals surface area contributed by atoms with E-state index in [2.05, 4.69) is 9.32 Å². The molecule has 4 nitrogen and oxygen atoms in total. The van der Waals surface area contributed by atoms with Crippen LogP contribution in [0.15, 0.2) is 9.32 Å². The number of rotatable bonds is 4. The lowest BCUT2D eigenvalue weighted by atomic mass is 11.7.